The zero-order valence-electron chi connectivity index (χ0n) is 16.2. The van der Waals surface area contributed by atoms with Crippen molar-refractivity contribution in [1.82, 2.24) is 10.3 Å². The molecule has 1 aromatic heterocycles. The molecule has 28 heavy (non-hydrogen) atoms. The highest BCUT2D eigenvalue weighted by atomic mass is 16.5. The molecule has 1 heterocycles. The molecule has 4 rings (SSSR count). The second-order valence-electron chi connectivity index (χ2n) is 7.15. The summed E-state index contributed by atoms with van der Waals surface area (Å²) >= 11 is 0. The summed E-state index contributed by atoms with van der Waals surface area (Å²) in [5, 5.41) is 4.86. The van der Waals surface area contributed by atoms with Gasteiger partial charge in [-0.3, -0.25) is 0 Å². The Bertz CT molecular complexity index is 1050. The SMILES string of the molecule is Cc1ccccc1COc1cccc(CNCCc2c[nH]c3ccccc23)c1. The molecular weight excluding hydrogens is 344 g/mol. The van der Waals surface area contributed by atoms with Crippen LogP contribution in [-0.2, 0) is 19.6 Å². The molecular formula is C25H26N2O. The molecule has 0 atom stereocenters. The van der Waals surface area contributed by atoms with E-state index < -0.39 is 0 Å². The Kier molecular flexibility index (Phi) is 5.74. The lowest BCUT2D eigenvalue weighted by Gasteiger charge is -2.10. The summed E-state index contributed by atoms with van der Waals surface area (Å²) in [6.45, 7) is 4.50. The lowest BCUT2D eigenvalue weighted by atomic mass is 10.1. The molecule has 0 saturated heterocycles. The van der Waals surface area contributed by atoms with Gasteiger partial charge in [-0.15, -0.1) is 0 Å². The van der Waals surface area contributed by atoms with Crippen LogP contribution < -0.4 is 10.1 Å². The fourth-order valence-corrected chi connectivity index (χ4v) is 3.47. The first-order chi connectivity index (χ1) is 13.8. The third-order valence-corrected chi connectivity index (χ3v) is 5.13. The van der Waals surface area contributed by atoms with E-state index in [-0.39, 0.29) is 0 Å². The smallest absolute Gasteiger partial charge is 0.120 e. The van der Waals surface area contributed by atoms with E-state index in [0.29, 0.717) is 6.61 Å². The molecule has 2 N–H and O–H groups in total. The van der Waals surface area contributed by atoms with Crippen LogP contribution >= 0.6 is 0 Å². The second kappa shape index (κ2) is 8.77. The number of benzene rings is 3. The number of aromatic amines is 1. The summed E-state index contributed by atoms with van der Waals surface area (Å²) < 4.78 is 6.00. The number of aryl methyl sites for hydroxylation is 1. The summed E-state index contributed by atoms with van der Waals surface area (Å²) in [6, 6.07) is 25.1. The molecule has 0 fully saturated rings. The monoisotopic (exact) mass is 370 g/mol. The van der Waals surface area contributed by atoms with E-state index in [1.165, 1.54) is 33.2 Å². The number of fused-ring (bicyclic) bond motifs is 1. The maximum atomic E-state index is 6.00. The fraction of sp³-hybridized carbons (Fsp3) is 0.200. The Labute approximate surface area is 166 Å². The van der Waals surface area contributed by atoms with Gasteiger partial charge in [0.05, 0.1) is 0 Å². The van der Waals surface area contributed by atoms with E-state index in [9.17, 15) is 0 Å². The molecule has 3 heteroatoms. The molecule has 3 nitrogen and oxygen atoms in total. The van der Waals surface area contributed by atoms with E-state index in [1.807, 2.05) is 6.07 Å². The molecule has 0 saturated carbocycles. The summed E-state index contributed by atoms with van der Waals surface area (Å²) in [4.78, 5) is 3.34. The van der Waals surface area contributed by atoms with Crippen molar-refractivity contribution in [2.45, 2.75) is 26.5 Å². The van der Waals surface area contributed by atoms with Crippen molar-refractivity contribution in [2.75, 3.05) is 6.54 Å². The van der Waals surface area contributed by atoms with Crippen LogP contribution in [-0.4, -0.2) is 11.5 Å². The van der Waals surface area contributed by atoms with Crippen LogP contribution in [0.3, 0.4) is 0 Å². The minimum Gasteiger partial charge on any atom is -0.489 e. The molecule has 0 spiro atoms. The number of ether oxygens (including phenoxy) is 1. The lowest BCUT2D eigenvalue weighted by molar-refractivity contribution is 0.305. The highest BCUT2D eigenvalue weighted by Gasteiger charge is 2.03. The summed E-state index contributed by atoms with van der Waals surface area (Å²) in [5.41, 5.74) is 6.29. The first-order valence-electron chi connectivity index (χ1n) is 9.81. The third-order valence-electron chi connectivity index (χ3n) is 5.13. The molecule has 0 amide bonds. The number of rotatable bonds is 8. The molecule has 3 aromatic carbocycles. The highest BCUT2D eigenvalue weighted by Crippen LogP contribution is 2.18. The summed E-state index contributed by atoms with van der Waals surface area (Å²) in [5.74, 6) is 0.916. The first kappa shape index (κ1) is 18.3. The number of aromatic nitrogens is 1. The molecule has 142 valence electrons. The van der Waals surface area contributed by atoms with E-state index in [0.717, 1.165) is 25.3 Å². The van der Waals surface area contributed by atoms with E-state index >= 15 is 0 Å². The minimum atomic E-state index is 0.601. The fourth-order valence-electron chi connectivity index (χ4n) is 3.47. The number of hydrogen-bond acceptors (Lipinski definition) is 2. The minimum absolute atomic E-state index is 0.601. The molecule has 0 aliphatic carbocycles. The van der Waals surface area contributed by atoms with E-state index in [2.05, 4.69) is 90.2 Å². The van der Waals surface area contributed by atoms with Crippen LogP contribution in [0.5, 0.6) is 5.75 Å². The van der Waals surface area contributed by atoms with Crippen LogP contribution in [0, 0.1) is 6.92 Å². The standard InChI is InChI=1S/C25H26N2O/c1-19-7-2-3-9-22(19)18-28-23-10-6-8-20(15-23)16-26-14-13-21-17-27-25-12-5-4-11-24(21)25/h2-12,15,17,26-27H,13-14,16,18H2,1H3. The quantitative estimate of drug-likeness (QED) is 0.408. The van der Waals surface area contributed by atoms with Gasteiger partial charge in [0.25, 0.3) is 0 Å². The third kappa shape index (κ3) is 4.44. The number of H-pyrrole nitrogens is 1. The zero-order valence-corrected chi connectivity index (χ0v) is 16.2. The van der Waals surface area contributed by atoms with Gasteiger partial charge in [-0.1, -0.05) is 54.6 Å². The maximum Gasteiger partial charge on any atom is 0.120 e. The van der Waals surface area contributed by atoms with Crippen LogP contribution in [0.15, 0.2) is 79.0 Å². The average molecular weight is 370 g/mol. The topological polar surface area (TPSA) is 37.0 Å². The predicted octanol–water partition coefficient (Wildman–Crippen LogP) is 5.39. The van der Waals surface area contributed by atoms with Gasteiger partial charge in [0.1, 0.15) is 12.4 Å². The molecule has 0 aliphatic rings. The van der Waals surface area contributed by atoms with Gasteiger partial charge in [-0.05, 0) is 60.3 Å². The maximum absolute atomic E-state index is 6.00. The molecule has 0 unspecified atom stereocenters. The van der Waals surface area contributed by atoms with E-state index in [4.69, 9.17) is 4.74 Å². The molecule has 4 aromatic rings. The van der Waals surface area contributed by atoms with Crippen molar-refractivity contribution >= 4 is 10.9 Å². The molecule has 0 aliphatic heterocycles. The number of nitrogens with one attached hydrogen (secondary N) is 2. The van der Waals surface area contributed by atoms with Crippen LogP contribution in [0.4, 0.5) is 0 Å². The molecule has 0 radical (unpaired) electrons. The summed E-state index contributed by atoms with van der Waals surface area (Å²) in [6.07, 6.45) is 3.12. The van der Waals surface area contributed by atoms with Crippen molar-refractivity contribution in [2.24, 2.45) is 0 Å². The Hall–Kier alpha value is -3.04. The van der Waals surface area contributed by atoms with Gasteiger partial charge in [-0.25, -0.2) is 0 Å². The molecule has 0 bridgehead atoms. The number of para-hydroxylation sites is 1. The zero-order chi connectivity index (χ0) is 19.2. The second-order valence-corrected chi connectivity index (χ2v) is 7.15. The highest BCUT2D eigenvalue weighted by molar-refractivity contribution is 5.83. The van der Waals surface area contributed by atoms with Crippen LogP contribution in [0.2, 0.25) is 0 Å². The van der Waals surface area contributed by atoms with Gasteiger partial charge < -0.3 is 15.0 Å². The van der Waals surface area contributed by atoms with Crippen molar-refractivity contribution in [3.8, 4) is 5.75 Å². The van der Waals surface area contributed by atoms with Gasteiger partial charge >= 0.3 is 0 Å². The van der Waals surface area contributed by atoms with Gasteiger partial charge in [0, 0.05) is 23.6 Å². The lowest BCUT2D eigenvalue weighted by Crippen LogP contribution is -2.16. The Balaban J connectivity index is 1.28. The first-order valence-corrected chi connectivity index (χ1v) is 9.81. The van der Waals surface area contributed by atoms with Crippen molar-refractivity contribution in [3.63, 3.8) is 0 Å². The van der Waals surface area contributed by atoms with Crippen LogP contribution in [0.25, 0.3) is 10.9 Å². The van der Waals surface area contributed by atoms with Crippen LogP contribution in [0.1, 0.15) is 22.3 Å². The Morgan fingerprint density at radius 3 is 2.68 bits per heavy atom. The average Bonchev–Trinajstić information content (AvgIpc) is 3.14. The number of hydrogen-bond donors (Lipinski definition) is 2. The Morgan fingerprint density at radius 2 is 1.75 bits per heavy atom. The predicted molar refractivity (Wildman–Crippen MR) is 116 cm³/mol. The largest absolute Gasteiger partial charge is 0.489 e. The van der Waals surface area contributed by atoms with Crippen molar-refractivity contribution in [3.05, 3.63) is 101 Å². The summed E-state index contributed by atoms with van der Waals surface area (Å²) in [7, 11) is 0. The van der Waals surface area contributed by atoms with Gasteiger partial charge in [-0.2, -0.15) is 0 Å². The van der Waals surface area contributed by atoms with Crippen molar-refractivity contribution < 1.29 is 4.74 Å². The van der Waals surface area contributed by atoms with Gasteiger partial charge in [0.2, 0.25) is 0 Å². The van der Waals surface area contributed by atoms with E-state index in [1.54, 1.807) is 0 Å². The van der Waals surface area contributed by atoms with Crippen molar-refractivity contribution in [1.29, 1.82) is 0 Å². The Morgan fingerprint density at radius 1 is 0.893 bits per heavy atom. The van der Waals surface area contributed by atoms with Gasteiger partial charge in [0.15, 0.2) is 0 Å². The normalized spacial score (nSPS) is 11.0.